The highest BCUT2D eigenvalue weighted by atomic mass is 32.1. The molecule has 0 amide bonds. The van der Waals surface area contributed by atoms with Crippen LogP contribution in [0.3, 0.4) is 0 Å². The summed E-state index contributed by atoms with van der Waals surface area (Å²) in [6.45, 7) is 9.85. The largest absolute Gasteiger partial charge is 0.493 e. The van der Waals surface area contributed by atoms with Crippen LogP contribution in [0.1, 0.15) is 71.0 Å². The van der Waals surface area contributed by atoms with Crippen molar-refractivity contribution in [2.45, 2.75) is 59.9 Å². The summed E-state index contributed by atoms with van der Waals surface area (Å²) in [6.07, 6.45) is 4.91. The number of carbonyl (C=O) groups excluding carboxylic acids is 2. The molecule has 1 aliphatic heterocycles. The maximum absolute atomic E-state index is 14.1. The molecule has 0 fully saturated rings. The molecule has 1 aliphatic rings. The fourth-order valence-electron chi connectivity index (χ4n) is 4.89. The Balaban J connectivity index is 1.83. The first kappa shape index (κ1) is 33.5. The van der Waals surface area contributed by atoms with Crippen LogP contribution < -0.4 is 33.8 Å². The number of esters is 2. The summed E-state index contributed by atoms with van der Waals surface area (Å²) in [5.41, 5.74) is 1.66. The normalized spacial score (nSPS) is 14.6. The Hall–Kier alpha value is -4.38. The summed E-state index contributed by atoms with van der Waals surface area (Å²) >= 11 is 1.22. The molecule has 2 heterocycles. The van der Waals surface area contributed by atoms with Gasteiger partial charge in [-0.25, -0.2) is 9.79 Å². The van der Waals surface area contributed by atoms with Crippen LogP contribution >= 0.6 is 11.3 Å². The van der Waals surface area contributed by atoms with E-state index in [2.05, 4.69) is 11.9 Å². The van der Waals surface area contributed by atoms with Gasteiger partial charge < -0.3 is 23.7 Å². The van der Waals surface area contributed by atoms with Crippen LogP contribution in [0.4, 0.5) is 0 Å². The number of hydrogen-bond donors (Lipinski definition) is 0. The van der Waals surface area contributed by atoms with Crippen molar-refractivity contribution >= 4 is 29.4 Å². The molecule has 0 aliphatic carbocycles. The van der Waals surface area contributed by atoms with Crippen LogP contribution in [-0.2, 0) is 14.3 Å². The van der Waals surface area contributed by atoms with Crippen LogP contribution in [0, 0.1) is 5.92 Å². The van der Waals surface area contributed by atoms with Gasteiger partial charge in [-0.3, -0.25) is 14.2 Å². The molecule has 0 bridgehead atoms. The molecule has 0 N–H and O–H groups in total. The van der Waals surface area contributed by atoms with E-state index in [1.54, 1.807) is 38.3 Å². The van der Waals surface area contributed by atoms with Gasteiger partial charge in [0.05, 0.1) is 49.3 Å². The third-order valence-corrected chi connectivity index (χ3v) is 8.02. The van der Waals surface area contributed by atoms with Gasteiger partial charge in [0.15, 0.2) is 27.8 Å². The van der Waals surface area contributed by atoms with Crippen molar-refractivity contribution in [1.29, 1.82) is 0 Å². The van der Waals surface area contributed by atoms with Gasteiger partial charge in [0.2, 0.25) is 0 Å². The molecule has 0 spiro atoms. The molecule has 10 nitrogen and oxygen atoms in total. The Bertz CT molecular complexity index is 1770. The van der Waals surface area contributed by atoms with Gasteiger partial charge in [0, 0.05) is 6.92 Å². The zero-order valence-electron chi connectivity index (χ0n) is 26.8. The van der Waals surface area contributed by atoms with Crippen molar-refractivity contribution in [1.82, 2.24) is 4.57 Å². The fraction of sp³-hybridized carbons (Fsp3) is 0.412. The molecule has 240 valence electrons. The van der Waals surface area contributed by atoms with Crippen molar-refractivity contribution in [2.24, 2.45) is 10.9 Å². The Morgan fingerprint density at radius 3 is 2.40 bits per heavy atom. The summed E-state index contributed by atoms with van der Waals surface area (Å²) in [5.74, 6) is 0.746. The summed E-state index contributed by atoms with van der Waals surface area (Å²) in [7, 11) is 3.03. The van der Waals surface area contributed by atoms with Gasteiger partial charge in [-0.1, -0.05) is 57.1 Å². The second-order valence-corrected chi connectivity index (χ2v) is 12.1. The minimum absolute atomic E-state index is 0.114. The molecule has 0 unspecified atom stereocenters. The zero-order chi connectivity index (χ0) is 32.7. The number of aromatic nitrogens is 1. The number of methoxy groups -OCH3 is 2. The summed E-state index contributed by atoms with van der Waals surface area (Å²) in [4.78, 5) is 44.3. The molecule has 3 aromatic rings. The first-order valence-corrected chi connectivity index (χ1v) is 15.8. The highest BCUT2D eigenvalue weighted by Crippen LogP contribution is 2.36. The number of thiazole rings is 1. The third-order valence-electron chi connectivity index (χ3n) is 7.04. The minimum Gasteiger partial charge on any atom is -0.493 e. The lowest BCUT2D eigenvalue weighted by Crippen LogP contribution is -2.40. The number of carbonyl (C=O) groups is 2. The smallest absolute Gasteiger partial charge is 0.338 e. The number of fused-ring (bicyclic) bond motifs is 1. The van der Waals surface area contributed by atoms with Gasteiger partial charge in [-0.2, -0.15) is 0 Å². The van der Waals surface area contributed by atoms with E-state index >= 15 is 0 Å². The molecule has 4 rings (SSSR count). The minimum atomic E-state index is -0.864. The SMILES string of the molecule is CCCCCOc1ccc(/C=c2/sc3n(c2=O)[C@@H](c2ccc(OC(C)=O)c(OC)c2)C(C(=O)OCC(C)C)=C(C)N=3)cc1OC. The van der Waals surface area contributed by atoms with Crippen LogP contribution in [0.2, 0.25) is 0 Å². The second-order valence-electron chi connectivity index (χ2n) is 11.0. The number of nitrogens with zero attached hydrogens (tertiary/aromatic N) is 2. The Morgan fingerprint density at radius 1 is 1.02 bits per heavy atom. The zero-order valence-corrected chi connectivity index (χ0v) is 27.6. The highest BCUT2D eigenvalue weighted by molar-refractivity contribution is 7.07. The molecule has 45 heavy (non-hydrogen) atoms. The van der Waals surface area contributed by atoms with Crippen molar-refractivity contribution in [3.05, 3.63) is 78.5 Å². The van der Waals surface area contributed by atoms with Crippen molar-refractivity contribution in [2.75, 3.05) is 27.4 Å². The summed E-state index contributed by atoms with van der Waals surface area (Å²) in [6, 6.07) is 9.59. The van der Waals surface area contributed by atoms with E-state index in [1.807, 2.05) is 32.0 Å². The first-order chi connectivity index (χ1) is 21.6. The van der Waals surface area contributed by atoms with Crippen molar-refractivity contribution in [3.63, 3.8) is 0 Å². The van der Waals surface area contributed by atoms with Crippen LogP contribution in [0.15, 0.2) is 57.5 Å². The third kappa shape index (κ3) is 7.83. The number of ether oxygens (including phenoxy) is 5. The van der Waals surface area contributed by atoms with E-state index < -0.39 is 18.0 Å². The number of benzene rings is 2. The maximum atomic E-state index is 14.1. The molecule has 0 radical (unpaired) electrons. The van der Waals surface area contributed by atoms with Crippen LogP contribution in [0.25, 0.3) is 6.08 Å². The van der Waals surface area contributed by atoms with Gasteiger partial charge in [0.25, 0.3) is 5.56 Å². The molecule has 11 heteroatoms. The van der Waals surface area contributed by atoms with Gasteiger partial charge >= 0.3 is 11.9 Å². The van der Waals surface area contributed by atoms with Gasteiger partial charge in [0.1, 0.15) is 0 Å². The van der Waals surface area contributed by atoms with E-state index in [4.69, 9.17) is 23.7 Å². The second kappa shape index (κ2) is 15.1. The maximum Gasteiger partial charge on any atom is 0.338 e. The lowest BCUT2D eigenvalue weighted by molar-refractivity contribution is -0.140. The van der Waals surface area contributed by atoms with E-state index in [9.17, 15) is 14.4 Å². The van der Waals surface area contributed by atoms with Crippen molar-refractivity contribution < 1.29 is 33.3 Å². The standard InChI is InChI=1S/C34H40N2O8S/c1-8-9-10-15-42-25-13-11-23(16-27(25)40-6)17-29-32(38)36-31(24-12-14-26(44-22(5)37)28(18-24)41-7)30(21(4)35-34(36)45-29)33(39)43-19-20(2)3/h11-14,16-18,20,31H,8-10,15,19H2,1-7H3/b29-17+/t31-/m0/s1. The number of rotatable bonds is 13. The van der Waals surface area contributed by atoms with E-state index in [-0.39, 0.29) is 35.2 Å². The first-order valence-electron chi connectivity index (χ1n) is 14.9. The molecule has 1 atom stereocenters. The Morgan fingerprint density at radius 2 is 1.73 bits per heavy atom. The molecule has 0 saturated carbocycles. The van der Waals surface area contributed by atoms with E-state index in [1.165, 1.54) is 29.9 Å². The predicted molar refractivity (Wildman–Crippen MR) is 172 cm³/mol. The summed E-state index contributed by atoms with van der Waals surface area (Å²) in [5, 5.41) is 0. The molecule has 1 aromatic heterocycles. The topological polar surface area (TPSA) is 115 Å². The average Bonchev–Trinajstić information content (AvgIpc) is 3.31. The number of unbranched alkanes of at least 4 members (excludes halogenated alkanes) is 2. The Labute approximate surface area is 266 Å². The van der Waals surface area contributed by atoms with Gasteiger partial charge in [-0.15, -0.1) is 0 Å². The number of allylic oxidation sites excluding steroid dienone is 1. The quantitative estimate of drug-likeness (QED) is 0.147. The van der Waals surface area contributed by atoms with Crippen LogP contribution in [-0.4, -0.2) is 43.9 Å². The molecule has 0 saturated heterocycles. The molecule has 2 aromatic carbocycles. The lowest BCUT2D eigenvalue weighted by atomic mass is 9.95. The molecular formula is C34H40N2O8S. The average molecular weight is 637 g/mol. The monoisotopic (exact) mass is 636 g/mol. The van der Waals surface area contributed by atoms with Crippen LogP contribution in [0.5, 0.6) is 23.0 Å². The van der Waals surface area contributed by atoms with Gasteiger partial charge in [-0.05, 0) is 60.7 Å². The summed E-state index contributed by atoms with van der Waals surface area (Å²) < 4.78 is 29.8. The predicted octanol–water partition coefficient (Wildman–Crippen LogP) is 4.95. The number of hydrogen-bond acceptors (Lipinski definition) is 10. The Kier molecular flexibility index (Phi) is 11.2. The highest BCUT2D eigenvalue weighted by Gasteiger charge is 2.34. The molecular weight excluding hydrogens is 596 g/mol. The van der Waals surface area contributed by atoms with Crippen molar-refractivity contribution in [3.8, 4) is 23.0 Å². The van der Waals surface area contributed by atoms with E-state index in [0.29, 0.717) is 38.7 Å². The lowest BCUT2D eigenvalue weighted by Gasteiger charge is -2.25. The van der Waals surface area contributed by atoms with E-state index in [0.717, 1.165) is 24.8 Å². The fourth-order valence-corrected chi connectivity index (χ4v) is 5.94.